The molecule has 0 radical (unpaired) electrons. The van der Waals surface area contributed by atoms with Crippen LogP contribution in [0.3, 0.4) is 0 Å². The van der Waals surface area contributed by atoms with E-state index in [1.807, 2.05) is 0 Å². The summed E-state index contributed by atoms with van der Waals surface area (Å²) in [7, 11) is 1.75. The predicted molar refractivity (Wildman–Crippen MR) is 63.6 cm³/mol. The number of nitrogens with two attached hydrogens (primary N) is 1. The highest BCUT2D eigenvalue weighted by atomic mass is 16.4. The fraction of sp³-hybridized carbons (Fsp3) is 0.500. The molecule has 1 aromatic rings. The molecule has 1 amide bonds. The molecule has 0 aromatic carbocycles. The number of hydrogen-bond acceptors (Lipinski definition) is 4. The molecule has 0 saturated carbocycles. The van der Waals surface area contributed by atoms with Crippen LogP contribution in [0.2, 0.25) is 0 Å². The second-order valence-corrected chi connectivity index (χ2v) is 4.03. The number of rotatable bonds is 4. The highest BCUT2D eigenvalue weighted by molar-refractivity contribution is 6.11. The molecule has 0 saturated heterocycles. The van der Waals surface area contributed by atoms with E-state index in [0.717, 1.165) is 0 Å². The zero-order chi connectivity index (χ0) is 13.1. The molecule has 0 aliphatic rings. The Kier molecular flexibility index (Phi) is 3.72. The molecule has 0 aliphatic carbocycles. The lowest BCUT2D eigenvalue weighted by Crippen LogP contribution is -2.44. The average molecular weight is 239 g/mol. The summed E-state index contributed by atoms with van der Waals surface area (Å²) in [6.07, 6.45) is 3.62. The van der Waals surface area contributed by atoms with Crippen molar-refractivity contribution in [2.75, 3.05) is 5.32 Å². The van der Waals surface area contributed by atoms with Gasteiger partial charge in [0.05, 0.1) is 11.9 Å². The van der Waals surface area contributed by atoms with Crippen molar-refractivity contribution in [3.05, 3.63) is 12.4 Å². The zero-order valence-electron chi connectivity index (χ0n) is 10.1. The number of amides is 1. The highest BCUT2D eigenvalue weighted by Gasteiger charge is 2.36. The summed E-state index contributed by atoms with van der Waals surface area (Å²) < 4.78 is 1.57. The maximum Gasteiger partial charge on any atom is 0.238 e. The van der Waals surface area contributed by atoms with Gasteiger partial charge in [-0.15, -0.1) is 0 Å². The molecule has 1 atom stereocenters. The summed E-state index contributed by atoms with van der Waals surface area (Å²) in [6, 6.07) is 0. The number of nitrogens with zero attached hydrogens (tertiary/aromatic N) is 3. The van der Waals surface area contributed by atoms with E-state index >= 15 is 0 Å². The molecule has 1 aromatic heterocycles. The minimum atomic E-state index is -1.04. The molecule has 7 heteroatoms. The van der Waals surface area contributed by atoms with Gasteiger partial charge in [0.1, 0.15) is 5.41 Å². The number of carbonyl (C=O) groups excluding carboxylic acids is 1. The molecule has 0 bridgehead atoms. The predicted octanol–water partition coefficient (Wildman–Crippen LogP) is 0.521. The van der Waals surface area contributed by atoms with Crippen LogP contribution in [0.5, 0.6) is 0 Å². The third kappa shape index (κ3) is 2.55. The quantitative estimate of drug-likeness (QED) is 0.308. The molecule has 0 fully saturated rings. The van der Waals surface area contributed by atoms with E-state index in [1.54, 1.807) is 31.8 Å². The SMILES string of the molecule is CCC(C)(C(=O)Nc1cnn(C)c1)C(N)=NO. The van der Waals surface area contributed by atoms with Gasteiger partial charge < -0.3 is 16.3 Å². The normalized spacial score (nSPS) is 15.4. The van der Waals surface area contributed by atoms with Gasteiger partial charge >= 0.3 is 0 Å². The Morgan fingerprint density at radius 1 is 1.76 bits per heavy atom. The molecule has 0 spiro atoms. The Morgan fingerprint density at radius 3 is 2.82 bits per heavy atom. The van der Waals surface area contributed by atoms with Crippen LogP contribution in [0.1, 0.15) is 20.3 Å². The second-order valence-electron chi connectivity index (χ2n) is 4.03. The molecule has 1 heterocycles. The summed E-state index contributed by atoms with van der Waals surface area (Å²) >= 11 is 0. The lowest BCUT2D eigenvalue weighted by atomic mass is 9.85. The topological polar surface area (TPSA) is 106 Å². The first-order chi connectivity index (χ1) is 7.93. The van der Waals surface area contributed by atoms with Crippen LogP contribution in [0.15, 0.2) is 17.5 Å². The van der Waals surface area contributed by atoms with Gasteiger partial charge in [0, 0.05) is 13.2 Å². The van der Waals surface area contributed by atoms with Crippen LogP contribution in [-0.4, -0.2) is 26.7 Å². The standard InChI is InChI=1S/C10H17N5O2/c1-4-10(2,8(11)14-17)9(16)13-7-5-12-15(3)6-7/h5-6,17H,4H2,1-3H3,(H2,11,14)(H,13,16). The van der Waals surface area contributed by atoms with Crippen molar-refractivity contribution in [3.8, 4) is 0 Å². The maximum absolute atomic E-state index is 12.1. The molecule has 7 nitrogen and oxygen atoms in total. The second kappa shape index (κ2) is 4.86. The van der Waals surface area contributed by atoms with Crippen molar-refractivity contribution in [3.63, 3.8) is 0 Å². The number of hydrogen-bond donors (Lipinski definition) is 3. The summed E-state index contributed by atoms with van der Waals surface area (Å²) in [5, 5.41) is 18.2. The zero-order valence-corrected chi connectivity index (χ0v) is 10.1. The molecular weight excluding hydrogens is 222 g/mol. The minimum Gasteiger partial charge on any atom is -0.409 e. The smallest absolute Gasteiger partial charge is 0.238 e. The largest absolute Gasteiger partial charge is 0.409 e. The van der Waals surface area contributed by atoms with Crippen molar-refractivity contribution in [2.24, 2.45) is 23.4 Å². The Labute approximate surface area is 99.3 Å². The van der Waals surface area contributed by atoms with E-state index in [2.05, 4.69) is 15.6 Å². The van der Waals surface area contributed by atoms with Crippen molar-refractivity contribution < 1.29 is 10.0 Å². The number of aryl methyl sites for hydroxylation is 1. The number of oxime groups is 1. The Bertz CT molecular complexity index is 440. The molecule has 1 rings (SSSR count). The van der Waals surface area contributed by atoms with Gasteiger partial charge in [0.25, 0.3) is 0 Å². The fourth-order valence-electron chi connectivity index (χ4n) is 1.32. The van der Waals surface area contributed by atoms with E-state index in [-0.39, 0.29) is 11.7 Å². The van der Waals surface area contributed by atoms with Gasteiger partial charge in [0.15, 0.2) is 5.84 Å². The van der Waals surface area contributed by atoms with Gasteiger partial charge in [-0.25, -0.2) is 0 Å². The number of anilines is 1. The number of carbonyl (C=O) groups is 1. The summed E-state index contributed by atoms with van der Waals surface area (Å²) in [4.78, 5) is 12.1. The van der Waals surface area contributed by atoms with E-state index < -0.39 is 5.41 Å². The highest BCUT2D eigenvalue weighted by Crippen LogP contribution is 2.23. The van der Waals surface area contributed by atoms with E-state index in [0.29, 0.717) is 12.1 Å². The molecule has 17 heavy (non-hydrogen) atoms. The molecule has 4 N–H and O–H groups in total. The molecule has 1 unspecified atom stereocenters. The van der Waals surface area contributed by atoms with E-state index in [9.17, 15) is 4.79 Å². The van der Waals surface area contributed by atoms with Gasteiger partial charge in [0.2, 0.25) is 5.91 Å². The van der Waals surface area contributed by atoms with Gasteiger partial charge in [-0.2, -0.15) is 5.10 Å². The number of amidine groups is 1. The van der Waals surface area contributed by atoms with Gasteiger partial charge in [-0.1, -0.05) is 12.1 Å². The minimum absolute atomic E-state index is 0.110. The summed E-state index contributed by atoms with van der Waals surface area (Å²) in [5.74, 6) is -0.440. The first kappa shape index (κ1) is 13.0. The molecular formula is C10H17N5O2. The van der Waals surface area contributed by atoms with Crippen molar-refractivity contribution in [1.29, 1.82) is 0 Å². The Morgan fingerprint density at radius 2 is 2.41 bits per heavy atom. The Balaban J connectivity index is 2.88. The lowest BCUT2D eigenvalue weighted by Gasteiger charge is -2.24. The van der Waals surface area contributed by atoms with Crippen molar-refractivity contribution in [1.82, 2.24) is 9.78 Å². The van der Waals surface area contributed by atoms with E-state index in [4.69, 9.17) is 10.9 Å². The van der Waals surface area contributed by atoms with Gasteiger partial charge in [-0.05, 0) is 13.3 Å². The Hall–Kier alpha value is -2.05. The first-order valence-corrected chi connectivity index (χ1v) is 5.22. The first-order valence-electron chi connectivity index (χ1n) is 5.22. The van der Waals surface area contributed by atoms with Crippen molar-refractivity contribution >= 4 is 17.4 Å². The fourth-order valence-corrected chi connectivity index (χ4v) is 1.32. The number of aromatic nitrogens is 2. The van der Waals surface area contributed by atoms with E-state index in [1.165, 1.54) is 6.20 Å². The molecule has 94 valence electrons. The van der Waals surface area contributed by atoms with Crippen LogP contribution in [0.4, 0.5) is 5.69 Å². The summed E-state index contributed by atoms with van der Waals surface area (Å²) in [6.45, 7) is 3.41. The van der Waals surface area contributed by atoms with Crippen LogP contribution in [-0.2, 0) is 11.8 Å². The third-order valence-electron chi connectivity index (χ3n) is 2.84. The van der Waals surface area contributed by atoms with Crippen LogP contribution >= 0.6 is 0 Å². The lowest BCUT2D eigenvalue weighted by molar-refractivity contribution is -0.121. The van der Waals surface area contributed by atoms with Crippen molar-refractivity contribution in [2.45, 2.75) is 20.3 Å². The van der Waals surface area contributed by atoms with Crippen LogP contribution in [0.25, 0.3) is 0 Å². The average Bonchev–Trinajstić information content (AvgIpc) is 2.72. The maximum atomic E-state index is 12.1. The molecule has 0 aliphatic heterocycles. The van der Waals surface area contributed by atoms with Crippen LogP contribution < -0.4 is 11.1 Å². The van der Waals surface area contributed by atoms with Crippen LogP contribution in [0, 0.1) is 5.41 Å². The monoisotopic (exact) mass is 239 g/mol. The third-order valence-corrected chi connectivity index (χ3v) is 2.84. The number of nitrogens with one attached hydrogen (secondary N) is 1. The summed E-state index contributed by atoms with van der Waals surface area (Å²) in [5.41, 5.74) is 5.08. The van der Waals surface area contributed by atoms with Gasteiger partial charge in [-0.3, -0.25) is 9.48 Å².